The van der Waals surface area contributed by atoms with Crippen LogP contribution in [0.4, 0.5) is 5.82 Å². The predicted molar refractivity (Wildman–Crippen MR) is 122 cm³/mol. The number of hydrogen-bond acceptors (Lipinski definition) is 7. The molecule has 0 bridgehead atoms. The summed E-state index contributed by atoms with van der Waals surface area (Å²) in [5.41, 5.74) is -0.127. The van der Waals surface area contributed by atoms with Crippen LogP contribution in [0.25, 0.3) is 5.76 Å². The van der Waals surface area contributed by atoms with Crippen molar-refractivity contribution in [2.45, 2.75) is 17.7 Å². The summed E-state index contributed by atoms with van der Waals surface area (Å²) in [4.78, 5) is 31.5. The number of esters is 1. The minimum absolute atomic E-state index is 0. The molecule has 0 spiro atoms. The van der Waals surface area contributed by atoms with E-state index < -0.39 is 21.9 Å². The van der Waals surface area contributed by atoms with Gasteiger partial charge in [0.25, 0.3) is 15.9 Å². The molecule has 172 valence electrons. The number of carbonyl (C=O) groups excluding carboxylic acids is 2. The second kappa shape index (κ2) is 10.6. The Bertz CT molecular complexity index is 1120. The molecule has 11 heteroatoms. The van der Waals surface area contributed by atoms with Gasteiger partial charge in [-0.2, -0.15) is 0 Å². The lowest BCUT2D eigenvalue weighted by atomic mass is 10.1. The number of hydrogen-bond donors (Lipinski definition) is 1. The molecule has 0 saturated heterocycles. The molecule has 1 aromatic heterocycles. The van der Waals surface area contributed by atoms with Crippen molar-refractivity contribution in [2.24, 2.45) is 0 Å². The largest absolute Gasteiger partial charge is 0.423 e. The lowest BCUT2D eigenvalue weighted by Gasteiger charge is -2.30. The Balaban J connectivity index is 0.00000363. The van der Waals surface area contributed by atoms with Gasteiger partial charge in [-0.25, -0.2) is 13.4 Å². The van der Waals surface area contributed by atoms with Crippen molar-refractivity contribution < 1.29 is 22.7 Å². The first-order chi connectivity index (χ1) is 14.7. The fourth-order valence-electron chi connectivity index (χ4n) is 3.08. The molecule has 0 aliphatic carbocycles. The first-order valence-electron chi connectivity index (χ1n) is 9.62. The van der Waals surface area contributed by atoms with Crippen LogP contribution in [-0.4, -0.2) is 62.2 Å². The van der Waals surface area contributed by atoms with Gasteiger partial charge in [0.1, 0.15) is 5.82 Å². The minimum atomic E-state index is -4.01. The zero-order chi connectivity index (χ0) is 22.6. The molecule has 1 aromatic carbocycles. The number of aromatic nitrogens is 1. The van der Waals surface area contributed by atoms with Gasteiger partial charge in [-0.1, -0.05) is 18.2 Å². The minimum Gasteiger partial charge on any atom is -0.423 e. The van der Waals surface area contributed by atoms with Crippen LogP contribution < -0.4 is 5.32 Å². The summed E-state index contributed by atoms with van der Waals surface area (Å²) in [5, 5.41) is 2.56. The quantitative estimate of drug-likeness (QED) is 0.605. The lowest BCUT2D eigenvalue weighted by Crippen LogP contribution is -2.38. The van der Waals surface area contributed by atoms with Gasteiger partial charge < -0.3 is 15.0 Å². The SMILES string of the molecule is CN(C)CCCC(=O)OC1=C(C(=O)Nc2ccccn2)N(C)S(=O)(=O)c2ccccc21.Cl. The molecule has 0 fully saturated rings. The van der Waals surface area contributed by atoms with E-state index in [1.165, 1.54) is 25.4 Å². The number of likely N-dealkylation sites (N-methyl/N-ethyl adjacent to an activating group) is 1. The van der Waals surface area contributed by atoms with Crippen LogP contribution in [0.15, 0.2) is 59.3 Å². The van der Waals surface area contributed by atoms with E-state index in [1.807, 2.05) is 19.0 Å². The van der Waals surface area contributed by atoms with Crippen molar-refractivity contribution in [1.82, 2.24) is 14.2 Å². The number of nitrogens with zero attached hydrogens (tertiary/aromatic N) is 3. The molecule has 3 rings (SSSR count). The van der Waals surface area contributed by atoms with Crippen LogP contribution in [0.1, 0.15) is 18.4 Å². The van der Waals surface area contributed by atoms with E-state index in [2.05, 4.69) is 10.3 Å². The molecule has 2 heterocycles. The van der Waals surface area contributed by atoms with Crippen molar-refractivity contribution in [1.29, 1.82) is 0 Å². The highest BCUT2D eigenvalue weighted by atomic mass is 35.5. The fraction of sp³-hybridized carbons (Fsp3) is 0.286. The van der Waals surface area contributed by atoms with E-state index in [9.17, 15) is 18.0 Å². The van der Waals surface area contributed by atoms with E-state index in [4.69, 9.17) is 4.74 Å². The number of halogens is 1. The standard InChI is InChI=1S/C21H24N4O5S.ClH/c1-24(2)14-8-12-18(26)30-20-15-9-4-5-10-16(15)31(28,29)25(3)19(20)21(27)23-17-11-6-7-13-22-17;/h4-7,9-11,13H,8,12,14H2,1-3H3,(H,22,23,27);1H. The lowest BCUT2D eigenvalue weighted by molar-refractivity contribution is -0.137. The zero-order valence-electron chi connectivity index (χ0n) is 17.9. The first kappa shape index (κ1) is 25.3. The molecule has 2 aromatic rings. The number of sulfonamides is 1. The Morgan fingerprint density at radius 1 is 1.12 bits per heavy atom. The van der Waals surface area contributed by atoms with Crippen LogP contribution in [-0.2, 0) is 24.3 Å². The molecular formula is C21H25ClN4O5S. The number of carbonyl (C=O) groups is 2. The number of rotatable bonds is 7. The Labute approximate surface area is 193 Å². The van der Waals surface area contributed by atoms with Crippen molar-refractivity contribution in [3.05, 3.63) is 59.9 Å². The van der Waals surface area contributed by atoms with E-state index >= 15 is 0 Å². The zero-order valence-corrected chi connectivity index (χ0v) is 19.6. The first-order valence-corrected chi connectivity index (χ1v) is 11.1. The molecular weight excluding hydrogens is 456 g/mol. The number of benzene rings is 1. The summed E-state index contributed by atoms with van der Waals surface area (Å²) >= 11 is 0. The Morgan fingerprint density at radius 2 is 1.81 bits per heavy atom. The van der Waals surface area contributed by atoms with Gasteiger partial charge in [0.2, 0.25) is 0 Å². The summed E-state index contributed by atoms with van der Waals surface area (Å²) in [6.07, 6.45) is 2.17. The molecule has 1 aliphatic rings. The molecule has 0 unspecified atom stereocenters. The van der Waals surface area contributed by atoms with Crippen molar-refractivity contribution in [3.8, 4) is 0 Å². The van der Waals surface area contributed by atoms with E-state index in [0.29, 0.717) is 13.0 Å². The molecule has 1 aliphatic heterocycles. The summed E-state index contributed by atoms with van der Waals surface area (Å²) < 4.78 is 32.4. The number of anilines is 1. The van der Waals surface area contributed by atoms with Gasteiger partial charge in [-0.15, -0.1) is 12.4 Å². The summed E-state index contributed by atoms with van der Waals surface area (Å²) in [6, 6.07) is 11.0. The molecule has 32 heavy (non-hydrogen) atoms. The summed E-state index contributed by atoms with van der Waals surface area (Å²) in [5.74, 6) is -1.17. The average molecular weight is 481 g/mol. The maximum absolute atomic E-state index is 13.1. The third-order valence-corrected chi connectivity index (χ3v) is 6.44. The third kappa shape index (κ3) is 5.45. The van der Waals surface area contributed by atoms with E-state index in [1.54, 1.807) is 30.3 Å². The van der Waals surface area contributed by atoms with Gasteiger partial charge in [-0.05, 0) is 51.3 Å². The molecule has 1 amide bonds. The second-order valence-electron chi connectivity index (χ2n) is 7.20. The Kier molecular flexibility index (Phi) is 8.37. The molecule has 0 saturated carbocycles. The number of ether oxygens (including phenoxy) is 1. The van der Waals surface area contributed by atoms with Gasteiger partial charge in [0.15, 0.2) is 11.5 Å². The van der Waals surface area contributed by atoms with Crippen molar-refractivity contribution in [2.75, 3.05) is 33.0 Å². The highest BCUT2D eigenvalue weighted by molar-refractivity contribution is 7.89. The van der Waals surface area contributed by atoms with E-state index in [0.717, 1.165) is 4.31 Å². The maximum atomic E-state index is 13.1. The van der Waals surface area contributed by atoms with E-state index in [-0.39, 0.29) is 46.6 Å². The molecule has 1 N–H and O–H groups in total. The normalized spacial score (nSPS) is 14.4. The molecule has 0 atom stereocenters. The number of pyridine rings is 1. The average Bonchev–Trinajstić information content (AvgIpc) is 2.72. The monoisotopic (exact) mass is 480 g/mol. The Morgan fingerprint density at radius 3 is 2.47 bits per heavy atom. The molecule has 9 nitrogen and oxygen atoms in total. The highest BCUT2D eigenvalue weighted by Gasteiger charge is 2.39. The van der Waals surface area contributed by atoms with Crippen molar-refractivity contribution >= 4 is 45.9 Å². The maximum Gasteiger partial charge on any atom is 0.311 e. The van der Waals surface area contributed by atoms with Gasteiger partial charge >= 0.3 is 5.97 Å². The predicted octanol–water partition coefficient (Wildman–Crippen LogP) is 2.33. The topological polar surface area (TPSA) is 109 Å². The highest BCUT2D eigenvalue weighted by Crippen LogP contribution is 2.37. The smallest absolute Gasteiger partial charge is 0.311 e. The van der Waals surface area contributed by atoms with Crippen LogP contribution in [0.5, 0.6) is 0 Å². The van der Waals surface area contributed by atoms with Gasteiger partial charge in [0, 0.05) is 25.2 Å². The number of fused-ring (bicyclic) bond motifs is 1. The summed E-state index contributed by atoms with van der Waals surface area (Å²) in [6.45, 7) is 0.687. The van der Waals surface area contributed by atoms with Crippen LogP contribution in [0, 0.1) is 0 Å². The van der Waals surface area contributed by atoms with Gasteiger partial charge in [0.05, 0.1) is 4.90 Å². The van der Waals surface area contributed by atoms with Crippen LogP contribution >= 0.6 is 12.4 Å². The fourth-order valence-corrected chi connectivity index (χ4v) is 4.47. The van der Waals surface area contributed by atoms with Gasteiger partial charge in [-0.3, -0.25) is 13.9 Å². The van der Waals surface area contributed by atoms with Crippen LogP contribution in [0.2, 0.25) is 0 Å². The third-order valence-electron chi connectivity index (χ3n) is 4.62. The van der Waals surface area contributed by atoms with Crippen LogP contribution in [0.3, 0.4) is 0 Å². The number of amides is 1. The second-order valence-corrected chi connectivity index (χ2v) is 9.13. The van der Waals surface area contributed by atoms with Crippen molar-refractivity contribution in [3.63, 3.8) is 0 Å². The summed E-state index contributed by atoms with van der Waals surface area (Å²) in [7, 11) is 1.03. The Hall–Kier alpha value is -2.95. The molecule has 0 radical (unpaired) electrons. The number of nitrogens with one attached hydrogen (secondary N) is 1.